The van der Waals surface area contributed by atoms with E-state index in [0.29, 0.717) is 0 Å². The molecule has 0 unspecified atom stereocenters. The molecular weight excluding hydrogens is 242 g/mol. The molecule has 0 fully saturated rings. The lowest BCUT2D eigenvalue weighted by Gasteiger charge is -1.94. The number of para-hydroxylation sites is 1. The number of rotatable bonds is 2. The van der Waals surface area contributed by atoms with Crippen LogP contribution in [-0.4, -0.2) is 9.55 Å². The van der Waals surface area contributed by atoms with Crippen LogP contribution in [-0.2, 0) is 0 Å². The topological polar surface area (TPSA) is 41.6 Å². The van der Waals surface area contributed by atoms with E-state index in [0.717, 1.165) is 21.5 Å². The van der Waals surface area contributed by atoms with E-state index >= 15 is 0 Å². The molecule has 0 amide bonds. The lowest BCUT2D eigenvalue weighted by atomic mass is 10.2. The summed E-state index contributed by atoms with van der Waals surface area (Å²) in [5, 5.41) is 12.7. The number of nitrogens with zero attached hydrogens (tertiary/aromatic N) is 3. The monoisotopic (exact) mass is 251 g/mol. The predicted octanol–water partition coefficient (Wildman–Crippen LogP) is 3.76. The normalized spacial score (nSPS) is 11.1. The molecule has 0 aliphatic carbocycles. The number of aromatic nitrogens is 2. The summed E-state index contributed by atoms with van der Waals surface area (Å²) in [7, 11) is 0. The van der Waals surface area contributed by atoms with Crippen LogP contribution in [0.4, 0.5) is 0 Å². The predicted molar refractivity (Wildman–Crippen MR) is 74.0 cm³/mol. The number of benzene rings is 1. The standard InChI is InChI=1S/C14H9N3S/c15-6-3-8-17-10-12(14-16-7-9-18-14)11-4-1-2-5-13(11)17/h1-5,7-10H/b8-3+. The fourth-order valence-corrected chi connectivity index (χ4v) is 2.63. The maximum atomic E-state index is 8.63. The van der Waals surface area contributed by atoms with Crippen LogP contribution in [0.15, 0.2) is 48.1 Å². The Bertz CT molecular complexity index is 745. The summed E-state index contributed by atoms with van der Waals surface area (Å²) in [6, 6.07) is 10.1. The lowest BCUT2D eigenvalue weighted by molar-refractivity contribution is 1.23. The van der Waals surface area contributed by atoms with E-state index in [9.17, 15) is 0 Å². The molecule has 3 nitrogen and oxygen atoms in total. The van der Waals surface area contributed by atoms with Crippen LogP contribution in [0.2, 0.25) is 0 Å². The summed E-state index contributed by atoms with van der Waals surface area (Å²) in [4.78, 5) is 4.35. The molecule has 0 aliphatic heterocycles. The second kappa shape index (κ2) is 4.47. The maximum Gasteiger partial charge on any atom is 0.125 e. The van der Waals surface area contributed by atoms with Gasteiger partial charge in [-0.1, -0.05) is 18.2 Å². The average molecular weight is 251 g/mol. The molecule has 0 saturated heterocycles. The second-order valence-corrected chi connectivity index (χ2v) is 4.64. The first-order valence-corrected chi connectivity index (χ1v) is 6.34. The van der Waals surface area contributed by atoms with Gasteiger partial charge >= 0.3 is 0 Å². The zero-order chi connectivity index (χ0) is 12.4. The molecule has 0 atom stereocenters. The van der Waals surface area contributed by atoms with Crippen molar-refractivity contribution >= 4 is 28.4 Å². The van der Waals surface area contributed by atoms with Gasteiger partial charge in [-0.15, -0.1) is 11.3 Å². The van der Waals surface area contributed by atoms with E-state index < -0.39 is 0 Å². The first kappa shape index (κ1) is 10.8. The number of fused-ring (bicyclic) bond motifs is 1. The van der Waals surface area contributed by atoms with Gasteiger partial charge < -0.3 is 4.57 Å². The lowest BCUT2D eigenvalue weighted by Crippen LogP contribution is -1.81. The number of hydrogen-bond donors (Lipinski definition) is 0. The average Bonchev–Trinajstić information content (AvgIpc) is 3.04. The smallest absolute Gasteiger partial charge is 0.125 e. The molecule has 18 heavy (non-hydrogen) atoms. The van der Waals surface area contributed by atoms with Gasteiger partial charge in [-0.05, 0) is 6.07 Å². The zero-order valence-electron chi connectivity index (χ0n) is 9.45. The molecule has 0 spiro atoms. The van der Waals surface area contributed by atoms with Crippen LogP contribution in [0.25, 0.3) is 27.7 Å². The molecular formula is C14H9N3S. The summed E-state index contributed by atoms with van der Waals surface area (Å²) < 4.78 is 1.95. The van der Waals surface area contributed by atoms with Crippen LogP contribution in [0.3, 0.4) is 0 Å². The maximum absolute atomic E-state index is 8.63. The second-order valence-electron chi connectivity index (χ2n) is 3.75. The van der Waals surface area contributed by atoms with Crippen LogP contribution < -0.4 is 0 Å². The fraction of sp³-hybridized carbons (Fsp3) is 0. The van der Waals surface area contributed by atoms with Crippen LogP contribution in [0.5, 0.6) is 0 Å². The van der Waals surface area contributed by atoms with E-state index in [4.69, 9.17) is 5.26 Å². The Hall–Kier alpha value is -2.38. The molecule has 3 rings (SSSR count). The molecule has 0 radical (unpaired) electrons. The van der Waals surface area contributed by atoms with Crippen LogP contribution in [0.1, 0.15) is 0 Å². The van der Waals surface area contributed by atoms with Gasteiger partial charge in [0.15, 0.2) is 0 Å². The Morgan fingerprint density at radius 2 is 2.22 bits per heavy atom. The molecule has 3 aromatic rings. The minimum atomic E-state index is 0.996. The highest BCUT2D eigenvalue weighted by Crippen LogP contribution is 2.31. The fourth-order valence-electron chi connectivity index (χ4n) is 1.97. The van der Waals surface area contributed by atoms with Crippen LogP contribution in [0, 0.1) is 11.3 Å². The summed E-state index contributed by atoms with van der Waals surface area (Å²) in [6.45, 7) is 0. The van der Waals surface area contributed by atoms with Crippen molar-refractivity contribution in [3.63, 3.8) is 0 Å². The van der Waals surface area contributed by atoms with Crippen molar-refractivity contribution in [1.29, 1.82) is 5.26 Å². The molecule has 2 aromatic heterocycles. The third kappa shape index (κ3) is 1.71. The molecule has 0 bridgehead atoms. The Labute approximate surface area is 108 Å². The van der Waals surface area contributed by atoms with E-state index in [1.807, 2.05) is 40.4 Å². The molecule has 86 valence electrons. The largest absolute Gasteiger partial charge is 0.322 e. The molecule has 1 aromatic carbocycles. The molecule has 0 aliphatic rings. The van der Waals surface area contributed by atoms with Crippen LogP contribution >= 0.6 is 11.3 Å². The van der Waals surface area contributed by atoms with Crippen molar-refractivity contribution in [2.24, 2.45) is 0 Å². The third-order valence-corrected chi connectivity index (χ3v) is 3.52. The van der Waals surface area contributed by atoms with Gasteiger partial charge in [-0.3, -0.25) is 0 Å². The highest BCUT2D eigenvalue weighted by molar-refractivity contribution is 7.13. The van der Waals surface area contributed by atoms with Gasteiger partial charge in [0.2, 0.25) is 0 Å². The van der Waals surface area contributed by atoms with E-state index in [-0.39, 0.29) is 0 Å². The number of hydrogen-bond acceptors (Lipinski definition) is 3. The number of thiazole rings is 1. The van der Waals surface area contributed by atoms with Gasteiger partial charge in [0.25, 0.3) is 0 Å². The van der Waals surface area contributed by atoms with Crippen molar-refractivity contribution in [1.82, 2.24) is 9.55 Å². The van der Waals surface area contributed by atoms with Crippen molar-refractivity contribution in [2.75, 3.05) is 0 Å². The Kier molecular flexibility index (Phi) is 2.67. The van der Waals surface area contributed by atoms with Gasteiger partial charge in [-0.25, -0.2) is 4.98 Å². The van der Waals surface area contributed by atoms with Crippen molar-refractivity contribution in [3.05, 3.63) is 48.1 Å². The Morgan fingerprint density at radius 3 is 3.00 bits per heavy atom. The highest BCUT2D eigenvalue weighted by Gasteiger charge is 2.10. The minimum Gasteiger partial charge on any atom is -0.322 e. The SMILES string of the molecule is N#C/C=C/n1cc(-c2nccs2)c2ccccc21. The Morgan fingerprint density at radius 1 is 1.33 bits per heavy atom. The van der Waals surface area contributed by atoms with Crippen molar-refractivity contribution in [2.45, 2.75) is 0 Å². The number of nitriles is 1. The zero-order valence-corrected chi connectivity index (χ0v) is 10.3. The first-order valence-electron chi connectivity index (χ1n) is 5.46. The van der Waals surface area contributed by atoms with Gasteiger partial charge in [-0.2, -0.15) is 5.26 Å². The van der Waals surface area contributed by atoms with Crippen molar-refractivity contribution < 1.29 is 0 Å². The van der Waals surface area contributed by atoms with Gasteiger partial charge in [0.1, 0.15) is 5.01 Å². The van der Waals surface area contributed by atoms with Gasteiger partial charge in [0.05, 0.1) is 11.6 Å². The highest BCUT2D eigenvalue weighted by atomic mass is 32.1. The summed E-state index contributed by atoms with van der Waals surface area (Å²) in [5.41, 5.74) is 2.18. The third-order valence-electron chi connectivity index (χ3n) is 2.71. The molecule has 0 N–H and O–H groups in total. The van der Waals surface area contributed by atoms with Gasteiger partial charge in [0, 0.05) is 41.0 Å². The summed E-state index contributed by atoms with van der Waals surface area (Å²) in [5.74, 6) is 0. The molecule has 0 saturated carbocycles. The van der Waals surface area contributed by atoms with E-state index in [2.05, 4.69) is 11.1 Å². The van der Waals surface area contributed by atoms with Crippen molar-refractivity contribution in [3.8, 4) is 16.6 Å². The quantitative estimate of drug-likeness (QED) is 0.651. The molecule has 4 heteroatoms. The minimum absolute atomic E-state index is 0.996. The Balaban J connectivity index is 2.28. The van der Waals surface area contributed by atoms with E-state index in [1.165, 1.54) is 6.08 Å². The first-order chi connectivity index (χ1) is 8.90. The number of allylic oxidation sites excluding steroid dienone is 1. The molecule has 2 heterocycles. The van der Waals surface area contributed by atoms with E-state index in [1.54, 1.807) is 23.7 Å². The summed E-state index contributed by atoms with van der Waals surface area (Å²) in [6.07, 6.45) is 7.05. The summed E-state index contributed by atoms with van der Waals surface area (Å²) >= 11 is 1.61.